The zero-order valence-corrected chi connectivity index (χ0v) is 9.52. The maximum atomic E-state index is 11.4. The van der Waals surface area contributed by atoms with Crippen LogP contribution in [0.1, 0.15) is 10.4 Å². The third-order valence-corrected chi connectivity index (χ3v) is 2.66. The molecule has 2 aromatic rings. The molecule has 6 heteroatoms. The molecule has 0 spiro atoms. The van der Waals surface area contributed by atoms with Gasteiger partial charge in [0.05, 0.1) is 5.56 Å². The number of primary amides is 1. The Hall–Kier alpha value is -2.08. The van der Waals surface area contributed by atoms with E-state index in [-0.39, 0.29) is 11.3 Å². The number of benzene rings is 2. The maximum absolute atomic E-state index is 11.4. The van der Waals surface area contributed by atoms with E-state index < -0.39 is 16.9 Å². The van der Waals surface area contributed by atoms with E-state index in [0.717, 1.165) is 5.39 Å². The van der Waals surface area contributed by atoms with Crippen molar-refractivity contribution >= 4 is 27.7 Å². The Morgan fingerprint density at radius 3 is 2.47 bits per heavy atom. The van der Waals surface area contributed by atoms with Gasteiger partial charge in [-0.3, -0.25) is 4.79 Å². The van der Waals surface area contributed by atoms with Crippen molar-refractivity contribution < 1.29 is 17.4 Å². The number of hydrogen-bond acceptors (Lipinski definition) is 4. The van der Waals surface area contributed by atoms with Gasteiger partial charge in [0.25, 0.3) is 16.9 Å². The van der Waals surface area contributed by atoms with Crippen LogP contribution in [0.2, 0.25) is 0 Å². The number of carbonyl (C=O) groups excluding carboxylic acids is 1. The van der Waals surface area contributed by atoms with Gasteiger partial charge >= 0.3 is 0 Å². The van der Waals surface area contributed by atoms with Crippen molar-refractivity contribution in [3.8, 4) is 5.75 Å². The van der Waals surface area contributed by atoms with Gasteiger partial charge in [0.15, 0.2) is 5.75 Å². The first-order chi connectivity index (χ1) is 8.09. The molecule has 88 valence electrons. The third-order valence-electron chi connectivity index (χ3n) is 2.31. The van der Waals surface area contributed by atoms with Crippen molar-refractivity contribution in [2.75, 3.05) is 0 Å². The Labute approximate surface area is 99.0 Å². The van der Waals surface area contributed by atoms with Crippen molar-refractivity contribution in [3.05, 3.63) is 42.0 Å². The lowest BCUT2D eigenvalue weighted by atomic mass is 10.0. The molecule has 0 aromatic heterocycles. The van der Waals surface area contributed by atoms with Gasteiger partial charge in [0.2, 0.25) is 0 Å². The molecule has 0 fully saturated rings. The van der Waals surface area contributed by atoms with Crippen LogP contribution in [0.15, 0.2) is 36.4 Å². The van der Waals surface area contributed by atoms with E-state index in [0.29, 0.717) is 5.39 Å². The summed E-state index contributed by atoms with van der Waals surface area (Å²) in [6.45, 7) is 0. The molecule has 0 radical (unpaired) electrons. The molecule has 0 heterocycles. The van der Waals surface area contributed by atoms with Gasteiger partial charge in [-0.2, -0.15) is 8.42 Å². The van der Waals surface area contributed by atoms with E-state index >= 15 is 0 Å². The van der Waals surface area contributed by atoms with Gasteiger partial charge in [-0.15, -0.1) is 0 Å². The van der Waals surface area contributed by atoms with E-state index in [1.54, 1.807) is 24.3 Å². The lowest BCUT2D eigenvalue weighted by molar-refractivity contribution is 0.100. The summed E-state index contributed by atoms with van der Waals surface area (Å²) in [5.41, 5.74) is 5.31. The fourth-order valence-electron chi connectivity index (χ4n) is 1.66. The molecule has 1 amide bonds. The molecule has 0 aliphatic heterocycles. The van der Waals surface area contributed by atoms with Crippen molar-refractivity contribution in [2.45, 2.75) is 0 Å². The molecule has 0 bridgehead atoms. The summed E-state index contributed by atoms with van der Waals surface area (Å²) in [6.07, 6.45) is 0. The van der Waals surface area contributed by atoms with Crippen LogP contribution in [0.5, 0.6) is 5.75 Å². The minimum absolute atomic E-state index is 0.0488. The van der Waals surface area contributed by atoms with Gasteiger partial charge in [0, 0.05) is 0 Å². The van der Waals surface area contributed by atoms with E-state index in [9.17, 15) is 13.2 Å². The van der Waals surface area contributed by atoms with Crippen LogP contribution in [0.4, 0.5) is 0 Å². The van der Waals surface area contributed by atoms with Gasteiger partial charge in [-0.25, -0.2) is 0 Å². The summed E-state index contributed by atoms with van der Waals surface area (Å²) in [7, 11) is -3.08. The highest BCUT2D eigenvalue weighted by molar-refractivity contribution is 7.67. The van der Waals surface area contributed by atoms with Crippen LogP contribution in [0.25, 0.3) is 10.8 Å². The number of rotatable bonds is 3. The predicted octanol–water partition coefficient (Wildman–Crippen LogP) is 0.844. The Kier molecular flexibility index (Phi) is 2.97. The van der Waals surface area contributed by atoms with Gasteiger partial charge in [-0.1, -0.05) is 30.3 Å². The van der Waals surface area contributed by atoms with Crippen LogP contribution >= 0.6 is 0 Å². The summed E-state index contributed by atoms with van der Waals surface area (Å²) in [4.78, 5) is 11.4. The third kappa shape index (κ3) is 2.21. The minimum atomic E-state index is -3.08. The normalized spacial score (nSPS) is 10.6. The van der Waals surface area contributed by atoms with Crippen molar-refractivity contribution in [2.24, 2.45) is 5.73 Å². The highest BCUT2D eigenvalue weighted by Crippen LogP contribution is 2.27. The second-order valence-corrected chi connectivity index (χ2v) is 3.97. The molecular formula is C11H9NO4S. The second kappa shape index (κ2) is 4.42. The topological polar surface area (TPSA) is 86.5 Å². The Balaban J connectivity index is 2.77. The number of nitrogens with two attached hydrogens (primary N) is 1. The fraction of sp³-hybridized carbons (Fsp3) is 0. The molecule has 5 nitrogen and oxygen atoms in total. The molecule has 0 aliphatic carbocycles. The molecule has 2 rings (SSSR count). The predicted molar refractivity (Wildman–Crippen MR) is 63.4 cm³/mol. The van der Waals surface area contributed by atoms with Gasteiger partial charge < -0.3 is 9.92 Å². The van der Waals surface area contributed by atoms with Crippen LogP contribution in [0, 0.1) is 0 Å². The largest absolute Gasteiger partial charge is 0.383 e. The number of carbonyl (C=O) groups is 1. The maximum Gasteiger partial charge on any atom is 0.299 e. The molecular weight excluding hydrogens is 242 g/mol. The Morgan fingerprint density at radius 1 is 1.12 bits per heavy atom. The summed E-state index contributed by atoms with van der Waals surface area (Å²) in [5, 5.41) is 1.35. The highest BCUT2D eigenvalue weighted by atomic mass is 32.2. The molecule has 0 aliphatic rings. The van der Waals surface area contributed by atoms with Gasteiger partial charge in [-0.05, 0) is 16.8 Å². The zero-order valence-electron chi connectivity index (χ0n) is 8.62. The summed E-state index contributed by atoms with van der Waals surface area (Å²) in [6, 6.07) is 10.1. The van der Waals surface area contributed by atoms with Crippen LogP contribution < -0.4 is 9.92 Å². The standard InChI is InChI=1S/C11H9NO4S/c12-11(13)10-8-4-2-1-3-7(8)5-6-9(10)16-17(14)15/h1-6,17H,(H2,12,13). The van der Waals surface area contributed by atoms with Crippen LogP contribution in [-0.2, 0) is 11.0 Å². The number of amides is 1. The van der Waals surface area contributed by atoms with E-state index in [1.807, 2.05) is 6.07 Å². The Bertz CT molecular complexity index is 656. The highest BCUT2D eigenvalue weighted by Gasteiger charge is 2.14. The lowest BCUT2D eigenvalue weighted by Gasteiger charge is -2.07. The van der Waals surface area contributed by atoms with E-state index in [2.05, 4.69) is 4.18 Å². The summed E-state index contributed by atoms with van der Waals surface area (Å²) >= 11 is 0. The fourth-order valence-corrected chi connectivity index (χ4v) is 1.97. The smallest absolute Gasteiger partial charge is 0.299 e. The summed E-state index contributed by atoms with van der Waals surface area (Å²) in [5.74, 6) is -0.777. The SMILES string of the molecule is NC(=O)c1c(O[SH](=O)=O)ccc2ccccc12. The molecule has 0 atom stereocenters. The van der Waals surface area contributed by atoms with Crippen LogP contribution in [0.3, 0.4) is 0 Å². The van der Waals surface area contributed by atoms with Crippen molar-refractivity contribution in [1.29, 1.82) is 0 Å². The second-order valence-electron chi connectivity index (χ2n) is 3.34. The van der Waals surface area contributed by atoms with Crippen molar-refractivity contribution in [1.82, 2.24) is 0 Å². The average molecular weight is 251 g/mol. The summed E-state index contributed by atoms with van der Waals surface area (Å²) < 4.78 is 25.7. The number of fused-ring (bicyclic) bond motifs is 1. The monoisotopic (exact) mass is 251 g/mol. The van der Waals surface area contributed by atoms with E-state index in [4.69, 9.17) is 5.73 Å². The average Bonchev–Trinajstić information content (AvgIpc) is 2.27. The van der Waals surface area contributed by atoms with Crippen molar-refractivity contribution in [3.63, 3.8) is 0 Å². The molecule has 17 heavy (non-hydrogen) atoms. The van der Waals surface area contributed by atoms with Gasteiger partial charge in [0.1, 0.15) is 0 Å². The number of hydrogen-bond donors (Lipinski definition) is 2. The van der Waals surface area contributed by atoms with E-state index in [1.165, 1.54) is 6.07 Å². The molecule has 0 unspecified atom stereocenters. The first-order valence-corrected chi connectivity index (χ1v) is 5.83. The Morgan fingerprint density at radius 2 is 1.82 bits per heavy atom. The van der Waals surface area contributed by atoms with Crippen LogP contribution in [-0.4, -0.2) is 14.3 Å². The first-order valence-electron chi connectivity index (χ1n) is 4.73. The molecule has 0 saturated heterocycles. The lowest BCUT2D eigenvalue weighted by Crippen LogP contribution is -2.13. The zero-order chi connectivity index (χ0) is 12.4. The molecule has 2 N–H and O–H groups in total. The molecule has 2 aromatic carbocycles. The number of thiol groups is 1. The quantitative estimate of drug-likeness (QED) is 0.791. The minimum Gasteiger partial charge on any atom is -0.383 e. The first kappa shape index (κ1) is 11.4. The molecule has 0 saturated carbocycles.